The molecule has 0 saturated heterocycles. The van der Waals surface area contributed by atoms with Gasteiger partial charge in [-0.15, -0.1) is 0 Å². The maximum Gasteiger partial charge on any atom is 0.353 e. The van der Waals surface area contributed by atoms with Crippen LogP contribution in [0.15, 0.2) is 23.0 Å². The normalized spacial score (nSPS) is 16.7. The summed E-state index contributed by atoms with van der Waals surface area (Å²) in [4.78, 5) is 10.8. The van der Waals surface area contributed by atoms with Crippen LogP contribution in [0, 0.1) is 11.3 Å². The zero-order chi connectivity index (χ0) is 11.6. The largest absolute Gasteiger partial charge is 0.477 e. The van der Waals surface area contributed by atoms with Gasteiger partial charge in [0, 0.05) is 5.70 Å². The Balaban J connectivity index is 2.82. The van der Waals surface area contributed by atoms with Crippen LogP contribution in [-0.4, -0.2) is 16.2 Å². The van der Waals surface area contributed by atoms with E-state index in [2.05, 4.69) is 11.9 Å². The van der Waals surface area contributed by atoms with E-state index in [9.17, 15) is 4.79 Å². The Bertz CT molecular complexity index is 359. The molecule has 1 fully saturated rings. The van der Waals surface area contributed by atoms with Crippen LogP contribution in [0.3, 0.4) is 0 Å². The van der Waals surface area contributed by atoms with E-state index in [-0.39, 0.29) is 10.7 Å². The van der Waals surface area contributed by atoms with Crippen LogP contribution >= 0.6 is 23.2 Å². The average molecular weight is 249 g/mol. The lowest BCUT2D eigenvalue weighted by Crippen LogP contribution is -2.22. The molecule has 82 valence electrons. The lowest BCUT2D eigenvalue weighted by Gasteiger charge is -2.10. The fourth-order valence-electron chi connectivity index (χ4n) is 1.01. The van der Waals surface area contributed by atoms with Crippen molar-refractivity contribution in [2.75, 3.05) is 0 Å². The molecule has 0 aromatic carbocycles. The standard InChI is InChI=1S/C9H10Cl2N2O2/c1-4(5-2-3-5)13-7(9(14)15)6(10)8(11)12/h5,12-13H,1-3H2,(H,14,15). The van der Waals surface area contributed by atoms with E-state index < -0.39 is 11.1 Å². The van der Waals surface area contributed by atoms with Crippen molar-refractivity contribution in [3.05, 3.63) is 23.0 Å². The van der Waals surface area contributed by atoms with Gasteiger partial charge in [0.2, 0.25) is 0 Å². The number of hydrogen-bond acceptors (Lipinski definition) is 3. The van der Waals surface area contributed by atoms with Gasteiger partial charge in [-0.2, -0.15) is 0 Å². The van der Waals surface area contributed by atoms with Crippen molar-refractivity contribution in [3.63, 3.8) is 0 Å². The van der Waals surface area contributed by atoms with Crippen LogP contribution in [-0.2, 0) is 4.79 Å². The average Bonchev–Trinajstić information content (AvgIpc) is 2.94. The molecule has 0 atom stereocenters. The van der Waals surface area contributed by atoms with Gasteiger partial charge in [0.15, 0.2) is 0 Å². The van der Waals surface area contributed by atoms with E-state index in [1.54, 1.807) is 0 Å². The molecule has 15 heavy (non-hydrogen) atoms. The van der Waals surface area contributed by atoms with Crippen molar-refractivity contribution in [3.8, 4) is 0 Å². The second-order valence-electron chi connectivity index (χ2n) is 3.23. The molecule has 0 bridgehead atoms. The van der Waals surface area contributed by atoms with Crippen LogP contribution in [0.2, 0.25) is 0 Å². The third-order valence-electron chi connectivity index (χ3n) is 1.98. The molecule has 6 heteroatoms. The van der Waals surface area contributed by atoms with Crippen LogP contribution in [0.25, 0.3) is 0 Å². The van der Waals surface area contributed by atoms with Gasteiger partial charge in [0.25, 0.3) is 0 Å². The Hall–Kier alpha value is -1.000. The van der Waals surface area contributed by atoms with E-state index in [0.717, 1.165) is 12.8 Å². The smallest absolute Gasteiger partial charge is 0.353 e. The van der Waals surface area contributed by atoms with Crippen molar-refractivity contribution >= 4 is 34.3 Å². The summed E-state index contributed by atoms with van der Waals surface area (Å²) in [6.07, 6.45) is 1.99. The van der Waals surface area contributed by atoms with E-state index in [1.165, 1.54) is 0 Å². The Labute approximate surface area is 97.1 Å². The molecular weight excluding hydrogens is 239 g/mol. The molecule has 4 nitrogen and oxygen atoms in total. The summed E-state index contributed by atoms with van der Waals surface area (Å²) in [5.74, 6) is -0.958. The Kier molecular flexibility index (Phi) is 3.77. The van der Waals surface area contributed by atoms with E-state index in [0.29, 0.717) is 11.6 Å². The number of halogens is 2. The second kappa shape index (κ2) is 4.68. The number of aliphatic carboxylic acids is 1. The SMILES string of the molecule is C=C(NC(C(=O)O)=C(Cl)C(=N)Cl)C1CC1. The maximum absolute atomic E-state index is 10.8. The lowest BCUT2D eigenvalue weighted by atomic mass is 10.3. The van der Waals surface area contributed by atoms with Crippen molar-refractivity contribution < 1.29 is 9.90 Å². The van der Waals surface area contributed by atoms with Crippen molar-refractivity contribution in [1.29, 1.82) is 5.41 Å². The van der Waals surface area contributed by atoms with Gasteiger partial charge in [-0.3, -0.25) is 5.41 Å². The highest BCUT2D eigenvalue weighted by atomic mass is 35.5. The molecular formula is C9H10Cl2N2O2. The Morgan fingerprint density at radius 1 is 1.47 bits per heavy atom. The molecule has 0 aliphatic heterocycles. The topological polar surface area (TPSA) is 73.2 Å². The minimum atomic E-state index is -1.26. The van der Waals surface area contributed by atoms with Gasteiger partial charge in [-0.1, -0.05) is 29.8 Å². The van der Waals surface area contributed by atoms with Gasteiger partial charge in [-0.25, -0.2) is 4.79 Å². The van der Waals surface area contributed by atoms with Gasteiger partial charge < -0.3 is 10.4 Å². The van der Waals surface area contributed by atoms with Gasteiger partial charge >= 0.3 is 5.97 Å². The molecule has 0 aromatic rings. The van der Waals surface area contributed by atoms with Gasteiger partial charge in [-0.05, 0) is 18.8 Å². The molecule has 1 rings (SSSR count). The molecule has 0 amide bonds. The molecule has 0 radical (unpaired) electrons. The van der Waals surface area contributed by atoms with E-state index in [4.69, 9.17) is 33.7 Å². The molecule has 0 heterocycles. The molecule has 0 spiro atoms. The number of rotatable bonds is 5. The fourth-order valence-corrected chi connectivity index (χ4v) is 1.23. The van der Waals surface area contributed by atoms with Crippen LogP contribution < -0.4 is 5.32 Å². The summed E-state index contributed by atoms with van der Waals surface area (Å²) >= 11 is 10.9. The minimum absolute atomic E-state index is 0.298. The predicted molar refractivity (Wildman–Crippen MR) is 59.1 cm³/mol. The number of carbonyl (C=O) groups is 1. The van der Waals surface area contributed by atoms with E-state index >= 15 is 0 Å². The first-order valence-electron chi connectivity index (χ1n) is 4.26. The molecule has 3 N–H and O–H groups in total. The van der Waals surface area contributed by atoms with Gasteiger partial charge in [0.1, 0.15) is 15.9 Å². The monoisotopic (exact) mass is 248 g/mol. The summed E-state index contributed by atoms with van der Waals surface area (Å²) in [6.45, 7) is 3.70. The fraction of sp³-hybridized carbons (Fsp3) is 0.333. The first-order valence-corrected chi connectivity index (χ1v) is 5.02. The van der Waals surface area contributed by atoms with Crippen LogP contribution in [0.1, 0.15) is 12.8 Å². The highest BCUT2D eigenvalue weighted by Crippen LogP contribution is 2.34. The number of nitrogens with one attached hydrogen (secondary N) is 2. The quantitative estimate of drug-likeness (QED) is 0.516. The zero-order valence-electron chi connectivity index (χ0n) is 7.81. The van der Waals surface area contributed by atoms with Crippen LogP contribution in [0.4, 0.5) is 0 Å². The number of carboxylic acid groups (broad SMARTS) is 1. The van der Waals surface area contributed by atoms with Crippen LogP contribution in [0.5, 0.6) is 0 Å². The minimum Gasteiger partial charge on any atom is -0.477 e. The Morgan fingerprint density at radius 2 is 2.00 bits per heavy atom. The first kappa shape index (κ1) is 12.1. The number of allylic oxidation sites excluding steroid dienone is 2. The van der Waals surface area contributed by atoms with Gasteiger partial charge in [0.05, 0.1) is 0 Å². The first-order chi connectivity index (χ1) is 6.93. The summed E-state index contributed by atoms with van der Waals surface area (Å²) < 4.78 is 0. The second-order valence-corrected chi connectivity index (χ2v) is 3.99. The third kappa shape index (κ3) is 3.25. The third-order valence-corrected chi connectivity index (χ3v) is 2.65. The van der Waals surface area contributed by atoms with Crippen molar-refractivity contribution in [2.45, 2.75) is 12.8 Å². The molecule has 0 aromatic heterocycles. The molecule has 1 aliphatic carbocycles. The summed E-state index contributed by atoms with van der Waals surface area (Å²) in [5.41, 5.74) is 0.303. The molecule has 0 unspecified atom stereocenters. The number of carboxylic acids is 1. The zero-order valence-corrected chi connectivity index (χ0v) is 9.32. The van der Waals surface area contributed by atoms with E-state index in [1.807, 2.05) is 0 Å². The summed E-state index contributed by atoms with van der Waals surface area (Å²) in [6, 6.07) is 0. The summed E-state index contributed by atoms with van der Waals surface area (Å²) in [7, 11) is 0. The lowest BCUT2D eigenvalue weighted by molar-refractivity contribution is -0.133. The highest BCUT2D eigenvalue weighted by molar-refractivity contribution is 6.75. The van der Waals surface area contributed by atoms with Crippen molar-refractivity contribution in [1.82, 2.24) is 5.32 Å². The summed E-state index contributed by atoms with van der Waals surface area (Å²) in [5, 5.41) is 17.6. The van der Waals surface area contributed by atoms with Crippen molar-refractivity contribution in [2.24, 2.45) is 5.92 Å². The molecule has 1 aliphatic rings. The Morgan fingerprint density at radius 3 is 2.33 bits per heavy atom. The highest BCUT2D eigenvalue weighted by Gasteiger charge is 2.27. The molecule has 1 saturated carbocycles. The number of hydrogen-bond donors (Lipinski definition) is 3. The maximum atomic E-state index is 10.8. The predicted octanol–water partition coefficient (Wildman–Crippen LogP) is 2.25.